The summed E-state index contributed by atoms with van der Waals surface area (Å²) in [5.74, 6) is -1.33. The van der Waals surface area contributed by atoms with Crippen LogP contribution >= 0.6 is 11.8 Å². The first-order valence-electron chi connectivity index (χ1n) is 9.57. The van der Waals surface area contributed by atoms with Crippen molar-refractivity contribution in [1.29, 1.82) is 5.26 Å². The third kappa shape index (κ3) is 6.20. The number of nitrogens with one attached hydrogen (secondary N) is 2. The maximum atomic E-state index is 12.6. The number of nitriles is 1. The molecule has 0 aromatic heterocycles. The molecule has 7 nitrogen and oxygen atoms in total. The first-order chi connectivity index (χ1) is 15.5. The van der Waals surface area contributed by atoms with Crippen molar-refractivity contribution in [3.8, 4) is 6.07 Å². The molecule has 0 aliphatic heterocycles. The standard InChI is InChI=1S/C24H19N3O4S/c1-16(28)26-18-10-12-19(13-11-18)27-23(29)15-31-24(30)20-7-3-5-9-22(20)32-21-8-4-2-6-17(21)14-25/h2-13H,15H2,1H3,(H,26,28)(H,27,29). The predicted octanol–water partition coefficient (Wildman–Crippen LogP) is 4.46. The molecule has 0 heterocycles. The summed E-state index contributed by atoms with van der Waals surface area (Å²) in [6.45, 7) is 0.947. The molecule has 8 heteroatoms. The molecule has 2 N–H and O–H groups in total. The van der Waals surface area contributed by atoms with Gasteiger partial charge >= 0.3 is 5.97 Å². The van der Waals surface area contributed by atoms with Crippen LogP contribution in [0.5, 0.6) is 0 Å². The van der Waals surface area contributed by atoms with E-state index >= 15 is 0 Å². The van der Waals surface area contributed by atoms with Crippen LogP contribution in [-0.2, 0) is 14.3 Å². The fourth-order valence-corrected chi connectivity index (χ4v) is 3.75. The molecule has 32 heavy (non-hydrogen) atoms. The molecule has 0 bridgehead atoms. The minimum absolute atomic E-state index is 0.191. The van der Waals surface area contributed by atoms with Gasteiger partial charge in [0.1, 0.15) is 6.07 Å². The van der Waals surface area contributed by atoms with Crippen molar-refractivity contribution >= 4 is 40.9 Å². The maximum Gasteiger partial charge on any atom is 0.339 e. The summed E-state index contributed by atoms with van der Waals surface area (Å²) in [6, 6.07) is 22.6. The van der Waals surface area contributed by atoms with E-state index in [2.05, 4.69) is 16.7 Å². The van der Waals surface area contributed by atoms with Crippen LogP contribution in [0.2, 0.25) is 0 Å². The second-order valence-electron chi connectivity index (χ2n) is 6.59. The molecule has 3 aromatic carbocycles. The quantitative estimate of drug-likeness (QED) is 0.520. The second kappa shape index (κ2) is 10.8. The maximum absolute atomic E-state index is 12.6. The van der Waals surface area contributed by atoms with Gasteiger partial charge in [-0.3, -0.25) is 9.59 Å². The van der Waals surface area contributed by atoms with Gasteiger partial charge in [-0.15, -0.1) is 0 Å². The Kier molecular flexibility index (Phi) is 7.62. The van der Waals surface area contributed by atoms with Crippen LogP contribution in [0.3, 0.4) is 0 Å². The van der Waals surface area contributed by atoms with Gasteiger partial charge in [-0.2, -0.15) is 5.26 Å². The fraction of sp³-hybridized carbons (Fsp3) is 0.0833. The first kappa shape index (κ1) is 22.6. The Hall–Kier alpha value is -4.09. The molecule has 0 aliphatic carbocycles. The SMILES string of the molecule is CC(=O)Nc1ccc(NC(=O)COC(=O)c2ccccc2Sc2ccccc2C#N)cc1. The lowest BCUT2D eigenvalue weighted by molar-refractivity contribution is -0.119. The summed E-state index contributed by atoms with van der Waals surface area (Å²) in [5, 5.41) is 14.5. The molecule has 0 radical (unpaired) electrons. The predicted molar refractivity (Wildman–Crippen MR) is 121 cm³/mol. The molecule has 0 saturated carbocycles. The lowest BCUT2D eigenvalue weighted by Crippen LogP contribution is -2.21. The number of hydrogen-bond acceptors (Lipinski definition) is 6. The van der Waals surface area contributed by atoms with Crippen LogP contribution in [-0.4, -0.2) is 24.4 Å². The number of benzene rings is 3. The van der Waals surface area contributed by atoms with E-state index in [0.29, 0.717) is 27.4 Å². The Labute approximate surface area is 189 Å². The molecular formula is C24H19N3O4S. The molecule has 0 fully saturated rings. The highest BCUT2D eigenvalue weighted by molar-refractivity contribution is 7.99. The average Bonchev–Trinajstić information content (AvgIpc) is 2.79. The fourth-order valence-electron chi connectivity index (χ4n) is 2.74. The van der Waals surface area contributed by atoms with Crippen molar-refractivity contribution in [3.05, 3.63) is 83.9 Å². The number of carbonyl (C=O) groups excluding carboxylic acids is 3. The molecule has 0 spiro atoms. The second-order valence-corrected chi connectivity index (χ2v) is 7.67. The molecule has 0 unspecified atom stereocenters. The number of carbonyl (C=O) groups is 3. The summed E-state index contributed by atoms with van der Waals surface area (Å²) >= 11 is 1.28. The highest BCUT2D eigenvalue weighted by Crippen LogP contribution is 2.32. The van der Waals surface area contributed by atoms with Gasteiger partial charge in [-0.05, 0) is 48.5 Å². The molecule has 3 aromatic rings. The number of amides is 2. The third-order valence-corrected chi connectivity index (χ3v) is 5.31. The zero-order chi connectivity index (χ0) is 22.9. The van der Waals surface area contributed by atoms with Crippen LogP contribution in [0.1, 0.15) is 22.8 Å². The Bertz CT molecular complexity index is 1190. The first-order valence-corrected chi connectivity index (χ1v) is 10.4. The van der Waals surface area contributed by atoms with E-state index in [1.165, 1.54) is 18.7 Å². The average molecular weight is 446 g/mol. The Morgan fingerprint density at radius 3 is 2.12 bits per heavy atom. The number of hydrogen-bond donors (Lipinski definition) is 2. The highest BCUT2D eigenvalue weighted by Gasteiger charge is 2.16. The van der Waals surface area contributed by atoms with E-state index < -0.39 is 18.5 Å². The van der Waals surface area contributed by atoms with Gasteiger partial charge in [-0.25, -0.2) is 4.79 Å². The number of nitrogens with zero attached hydrogens (tertiary/aromatic N) is 1. The van der Waals surface area contributed by atoms with Gasteiger partial charge in [0, 0.05) is 28.1 Å². The van der Waals surface area contributed by atoms with Crippen LogP contribution < -0.4 is 10.6 Å². The Morgan fingerprint density at radius 2 is 1.47 bits per heavy atom. The van der Waals surface area contributed by atoms with Crippen molar-refractivity contribution in [3.63, 3.8) is 0 Å². The lowest BCUT2D eigenvalue weighted by atomic mass is 10.2. The van der Waals surface area contributed by atoms with Crippen molar-refractivity contribution in [2.24, 2.45) is 0 Å². The van der Waals surface area contributed by atoms with Crippen LogP contribution in [0.4, 0.5) is 11.4 Å². The molecular weight excluding hydrogens is 426 g/mol. The molecule has 2 amide bonds. The highest BCUT2D eigenvalue weighted by atomic mass is 32.2. The molecule has 160 valence electrons. The third-order valence-electron chi connectivity index (χ3n) is 4.16. The van der Waals surface area contributed by atoms with Gasteiger partial charge in [0.2, 0.25) is 5.91 Å². The minimum atomic E-state index is -0.640. The summed E-state index contributed by atoms with van der Waals surface area (Å²) in [6.07, 6.45) is 0. The van der Waals surface area contributed by atoms with E-state index in [-0.39, 0.29) is 5.91 Å². The topological polar surface area (TPSA) is 108 Å². The van der Waals surface area contributed by atoms with Crippen molar-refractivity contribution in [2.75, 3.05) is 17.2 Å². The summed E-state index contributed by atoms with van der Waals surface area (Å²) in [4.78, 5) is 37.2. The van der Waals surface area contributed by atoms with E-state index in [1.54, 1.807) is 66.7 Å². The number of rotatable bonds is 7. The van der Waals surface area contributed by atoms with Gasteiger partial charge in [0.15, 0.2) is 6.61 Å². The van der Waals surface area contributed by atoms with E-state index in [1.807, 2.05) is 6.07 Å². The Morgan fingerprint density at radius 1 is 0.875 bits per heavy atom. The summed E-state index contributed by atoms with van der Waals surface area (Å²) < 4.78 is 5.19. The zero-order valence-corrected chi connectivity index (χ0v) is 17.9. The normalized spacial score (nSPS) is 10.0. The van der Waals surface area contributed by atoms with Crippen LogP contribution in [0, 0.1) is 11.3 Å². The van der Waals surface area contributed by atoms with Gasteiger partial charge in [0.25, 0.3) is 5.91 Å². The Balaban J connectivity index is 1.61. The zero-order valence-electron chi connectivity index (χ0n) is 17.1. The molecule has 0 atom stereocenters. The van der Waals surface area contributed by atoms with Crippen molar-refractivity contribution < 1.29 is 19.1 Å². The number of anilines is 2. The van der Waals surface area contributed by atoms with Gasteiger partial charge in [0.05, 0.1) is 11.1 Å². The largest absolute Gasteiger partial charge is 0.452 e. The van der Waals surface area contributed by atoms with Crippen LogP contribution in [0.15, 0.2) is 82.6 Å². The van der Waals surface area contributed by atoms with E-state index in [9.17, 15) is 19.6 Å². The van der Waals surface area contributed by atoms with E-state index in [0.717, 1.165) is 4.90 Å². The molecule has 0 saturated heterocycles. The molecule has 0 aliphatic rings. The monoisotopic (exact) mass is 445 g/mol. The summed E-state index contributed by atoms with van der Waals surface area (Å²) in [5.41, 5.74) is 1.92. The van der Waals surface area contributed by atoms with Crippen LogP contribution in [0.25, 0.3) is 0 Å². The van der Waals surface area contributed by atoms with Gasteiger partial charge < -0.3 is 15.4 Å². The van der Waals surface area contributed by atoms with Crippen molar-refractivity contribution in [1.82, 2.24) is 0 Å². The summed E-state index contributed by atoms with van der Waals surface area (Å²) in [7, 11) is 0. The number of esters is 1. The lowest BCUT2D eigenvalue weighted by Gasteiger charge is -2.11. The number of ether oxygens (including phenoxy) is 1. The minimum Gasteiger partial charge on any atom is -0.452 e. The van der Waals surface area contributed by atoms with E-state index in [4.69, 9.17) is 4.74 Å². The smallest absolute Gasteiger partial charge is 0.339 e. The van der Waals surface area contributed by atoms with Gasteiger partial charge in [-0.1, -0.05) is 36.0 Å². The van der Waals surface area contributed by atoms with Crippen molar-refractivity contribution in [2.45, 2.75) is 16.7 Å². The molecule has 3 rings (SSSR count).